The molecule has 342 valence electrons. The smallest absolute Gasteiger partial charge is 0.414 e. The van der Waals surface area contributed by atoms with E-state index in [1.54, 1.807) is 51.1 Å². The normalized spacial score (nSPS) is 14.4. The van der Waals surface area contributed by atoms with Gasteiger partial charge in [-0.15, -0.1) is 5.10 Å². The highest BCUT2D eigenvalue weighted by Gasteiger charge is 2.29. The van der Waals surface area contributed by atoms with Gasteiger partial charge in [0.15, 0.2) is 0 Å². The van der Waals surface area contributed by atoms with Gasteiger partial charge in [-0.05, 0) is 100 Å². The fraction of sp³-hybridized carbons (Fsp3) is 0.814. The van der Waals surface area contributed by atoms with Gasteiger partial charge in [-0.3, -0.25) is 25.2 Å². The van der Waals surface area contributed by atoms with E-state index in [0.29, 0.717) is 65.0 Å². The molecule has 0 unspecified atom stereocenters. The Hall–Kier alpha value is -4.44. The molecular weight excluding hydrogens is 771 g/mol. The van der Waals surface area contributed by atoms with Crippen molar-refractivity contribution in [3.63, 3.8) is 0 Å². The van der Waals surface area contributed by atoms with Gasteiger partial charge in [0.1, 0.15) is 22.8 Å². The summed E-state index contributed by atoms with van der Waals surface area (Å²) in [6.07, 6.45) is 11.7. The molecule has 2 rings (SSSR count). The summed E-state index contributed by atoms with van der Waals surface area (Å²) in [4.78, 5) is 70.9. The standard InChI is InChI=1S/C43H77N9O8/c1-12-32(2)35(52-31-33(48-49-52)23-20-22-26-45-37(46-38(55)58-41(3,4)5)47-39(56)59-42(6,7)8)36(54)44-25-21-18-16-14-13-15-17-19-24-34(53)50-27-29-51(30-28-50)40(57)60-43(9,10)11/h31-32,35H,12-30H2,1-11H3,(H,44,54)(H2,45,46,47,55,56)/t32-,35-/m0/s1. The van der Waals surface area contributed by atoms with E-state index < -0.39 is 35.0 Å². The maximum absolute atomic E-state index is 13.4. The van der Waals surface area contributed by atoms with Gasteiger partial charge < -0.3 is 29.3 Å². The Morgan fingerprint density at radius 1 is 0.717 bits per heavy atom. The number of carbonyl (C=O) groups is 5. The van der Waals surface area contributed by atoms with Gasteiger partial charge in [-0.1, -0.05) is 64.0 Å². The number of hydrogen-bond acceptors (Lipinski definition) is 11. The van der Waals surface area contributed by atoms with Crippen molar-refractivity contribution in [2.45, 2.75) is 182 Å². The molecule has 1 aliphatic rings. The molecule has 2 atom stereocenters. The largest absolute Gasteiger partial charge is 0.444 e. The number of rotatable bonds is 20. The molecule has 2 heterocycles. The molecule has 17 nitrogen and oxygen atoms in total. The summed E-state index contributed by atoms with van der Waals surface area (Å²) in [6.45, 7) is 23.1. The van der Waals surface area contributed by atoms with E-state index in [1.165, 1.54) is 0 Å². The summed E-state index contributed by atoms with van der Waals surface area (Å²) in [6, 6.07) is -0.463. The Kier molecular flexibility index (Phi) is 21.9. The van der Waals surface area contributed by atoms with Crippen LogP contribution in [0.3, 0.4) is 0 Å². The van der Waals surface area contributed by atoms with Crippen LogP contribution in [0.25, 0.3) is 0 Å². The lowest BCUT2D eigenvalue weighted by atomic mass is 9.98. The van der Waals surface area contributed by atoms with Crippen LogP contribution in [0.5, 0.6) is 0 Å². The minimum absolute atomic E-state index is 0.0582. The van der Waals surface area contributed by atoms with Crippen LogP contribution in [0.2, 0.25) is 0 Å². The van der Waals surface area contributed by atoms with E-state index in [2.05, 4.69) is 38.2 Å². The number of nitrogens with zero attached hydrogens (tertiary/aromatic N) is 6. The number of carbonyl (C=O) groups excluding carboxylic acids is 5. The first kappa shape index (κ1) is 51.7. The van der Waals surface area contributed by atoms with Gasteiger partial charge in [0, 0.05) is 51.9 Å². The topological polar surface area (TPSA) is 199 Å². The zero-order chi connectivity index (χ0) is 44.9. The third kappa shape index (κ3) is 22.2. The highest BCUT2D eigenvalue weighted by atomic mass is 16.6. The number of aromatic nitrogens is 3. The summed E-state index contributed by atoms with van der Waals surface area (Å²) < 4.78 is 17.7. The van der Waals surface area contributed by atoms with Crippen LogP contribution < -0.4 is 16.0 Å². The molecule has 1 aliphatic heterocycles. The monoisotopic (exact) mass is 848 g/mol. The Morgan fingerprint density at radius 3 is 1.77 bits per heavy atom. The molecule has 1 aromatic heterocycles. The summed E-state index contributed by atoms with van der Waals surface area (Å²) in [7, 11) is 0. The van der Waals surface area contributed by atoms with Crippen molar-refractivity contribution in [1.82, 2.24) is 40.7 Å². The Balaban J connectivity index is 1.67. The maximum atomic E-state index is 13.4. The SMILES string of the molecule is CC[C@H](C)[C@@H](C(=O)NCCCCCCCCCCC(=O)N1CCN(C(=O)OC(C)(C)C)CC1)n1cc(CCCCN=C(NC(=O)OC(C)(C)C)NC(=O)OC(C)(C)C)nn1. The van der Waals surface area contributed by atoms with Crippen LogP contribution in [0, 0.1) is 5.92 Å². The third-order valence-corrected chi connectivity index (χ3v) is 9.54. The zero-order valence-corrected chi connectivity index (χ0v) is 38.6. The van der Waals surface area contributed by atoms with Crippen LogP contribution in [-0.4, -0.2) is 117 Å². The Labute approximate surface area is 358 Å². The number of nitrogens with one attached hydrogen (secondary N) is 3. The highest BCUT2D eigenvalue weighted by molar-refractivity contribution is 6.01. The van der Waals surface area contributed by atoms with Crippen molar-refractivity contribution in [3.8, 4) is 0 Å². The average Bonchev–Trinajstić information content (AvgIpc) is 3.59. The van der Waals surface area contributed by atoms with E-state index in [1.807, 2.05) is 38.8 Å². The van der Waals surface area contributed by atoms with Crippen LogP contribution in [-0.2, 0) is 30.2 Å². The molecule has 60 heavy (non-hydrogen) atoms. The van der Waals surface area contributed by atoms with Gasteiger partial charge in [-0.2, -0.15) is 0 Å². The Morgan fingerprint density at radius 2 is 1.23 bits per heavy atom. The van der Waals surface area contributed by atoms with Crippen LogP contribution >= 0.6 is 0 Å². The van der Waals surface area contributed by atoms with Crippen LogP contribution in [0.4, 0.5) is 14.4 Å². The molecule has 5 amide bonds. The summed E-state index contributed by atoms with van der Waals surface area (Å²) >= 11 is 0. The zero-order valence-electron chi connectivity index (χ0n) is 38.6. The molecule has 0 radical (unpaired) electrons. The van der Waals surface area contributed by atoms with Gasteiger partial charge in [0.05, 0.1) is 5.69 Å². The van der Waals surface area contributed by atoms with Gasteiger partial charge in [0.2, 0.25) is 17.8 Å². The van der Waals surface area contributed by atoms with Crippen LogP contribution in [0.15, 0.2) is 11.2 Å². The highest BCUT2D eigenvalue weighted by Crippen LogP contribution is 2.22. The molecule has 0 aliphatic carbocycles. The second kappa shape index (κ2) is 25.4. The number of amides is 5. The molecule has 0 saturated carbocycles. The number of aliphatic imine (C=N–C) groups is 1. The summed E-state index contributed by atoms with van der Waals surface area (Å²) in [5.41, 5.74) is -1.22. The van der Waals surface area contributed by atoms with Gasteiger partial charge in [-0.25, -0.2) is 19.1 Å². The van der Waals surface area contributed by atoms with Gasteiger partial charge in [0.25, 0.3) is 0 Å². The number of piperazine rings is 1. The minimum atomic E-state index is -0.745. The number of guanidine groups is 1. The van der Waals surface area contributed by atoms with Crippen molar-refractivity contribution in [1.29, 1.82) is 0 Å². The van der Waals surface area contributed by atoms with Crippen molar-refractivity contribution in [2.75, 3.05) is 39.3 Å². The minimum Gasteiger partial charge on any atom is -0.444 e. The number of ether oxygens (including phenoxy) is 3. The second-order valence-corrected chi connectivity index (χ2v) is 18.7. The number of alkyl carbamates (subject to hydrolysis) is 2. The van der Waals surface area contributed by atoms with Crippen molar-refractivity contribution in [3.05, 3.63) is 11.9 Å². The van der Waals surface area contributed by atoms with Crippen molar-refractivity contribution in [2.24, 2.45) is 10.9 Å². The molecule has 1 saturated heterocycles. The van der Waals surface area contributed by atoms with Crippen LogP contribution in [0.1, 0.15) is 165 Å². The van der Waals surface area contributed by atoms with E-state index in [0.717, 1.165) is 63.5 Å². The van der Waals surface area contributed by atoms with E-state index in [4.69, 9.17) is 14.2 Å². The molecule has 1 aromatic rings. The molecule has 0 bridgehead atoms. The van der Waals surface area contributed by atoms with Crippen molar-refractivity contribution >= 4 is 36.1 Å². The quantitative estimate of drug-likeness (QED) is 0.0518. The first-order valence-corrected chi connectivity index (χ1v) is 22.1. The molecule has 0 aromatic carbocycles. The van der Waals surface area contributed by atoms with Gasteiger partial charge >= 0.3 is 18.3 Å². The van der Waals surface area contributed by atoms with E-state index in [9.17, 15) is 24.0 Å². The van der Waals surface area contributed by atoms with E-state index >= 15 is 0 Å². The molecule has 3 N–H and O–H groups in total. The van der Waals surface area contributed by atoms with E-state index in [-0.39, 0.29) is 29.8 Å². The summed E-state index contributed by atoms with van der Waals surface area (Å²) in [5.74, 6) is 0.108. The lowest BCUT2D eigenvalue weighted by Gasteiger charge is -2.35. The first-order valence-electron chi connectivity index (χ1n) is 22.1. The number of hydrogen-bond donors (Lipinski definition) is 3. The molecule has 1 fully saturated rings. The second-order valence-electron chi connectivity index (χ2n) is 18.7. The lowest BCUT2D eigenvalue weighted by molar-refractivity contribution is -0.133. The predicted octanol–water partition coefficient (Wildman–Crippen LogP) is 7.30. The number of unbranched alkanes of at least 4 members (excludes halogenated alkanes) is 8. The van der Waals surface area contributed by atoms with Crippen molar-refractivity contribution < 1.29 is 38.2 Å². The molecule has 17 heteroatoms. The number of aryl methyl sites for hydroxylation is 1. The average molecular weight is 848 g/mol. The maximum Gasteiger partial charge on any atom is 0.414 e. The molecule has 0 spiro atoms. The molecular formula is C43H77N9O8. The summed E-state index contributed by atoms with van der Waals surface area (Å²) in [5, 5.41) is 16.8. The third-order valence-electron chi connectivity index (χ3n) is 9.54. The predicted molar refractivity (Wildman–Crippen MR) is 231 cm³/mol. The fourth-order valence-corrected chi connectivity index (χ4v) is 6.35. The lowest BCUT2D eigenvalue weighted by Crippen LogP contribution is -2.51. The fourth-order valence-electron chi connectivity index (χ4n) is 6.35. The first-order chi connectivity index (χ1) is 28.1. The Bertz CT molecular complexity index is 1490.